The number of hydrogen-bond acceptors (Lipinski definition) is 15. The second-order valence-electron chi connectivity index (χ2n) is 18.3. The number of Topliss-reactive ketones (excluding diaryl/α,β-unsaturated/α-hetero) is 1. The van der Waals surface area contributed by atoms with Gasteiger partial charge < -0.3 is 35.5 Å². The van der Waals surface area contributed by atoms with Crippen molar-refractivity contribution < 1.29 is 54.8 Å². The van der Waals surface area contributed by atoms with Crippen LogP contribution in [0.3, 0.4) is 0 Å². The van der Waals surface area contributed by atoms with E-state index in [1.807, 2.05) is 60.8 Å². The van der Waals surface area contributed by atoms with Crippen molar-refractivity contribution in [1.82, 2.24) is 30.2 Å². The van der Waals surface area contributed by atoms with Gasteiger partial charge in [0.25, 0.3) is 16.0 Å². The molecule has 6 N–H and O–H groups in total. The van der Waals surface area contributed by atoms with Crippen molar-refractivity contribution in [2.75, 3.05) is 51.5 Å². The van der Waals surface area contributed by atoms with E-state index in [0.29, 0.717) is 30.2 Å². The lowest BCUT2D eigenvalue weighted by molar-refractivity contribution is -0.142. The zero-order chi connectivity index (χ0) is 55.3. The van der Waals surface area contributed by atoms with Gasteiger partial charge in [-0.3, -0.25) is 28.3 Å². The SMILES string of the molecule is COC(=O)[C@H](CNC(=O)C1=Nc2cc(CNc3nccn3C(c3ccccc3)(c3ccccc3)c3ccccc3)ccc2C(=O)[C@H]1OC)NS(=O)(=O)c1c(C)cc(OCCCC(=O)NCCN[C@H](C)CS(=O)(=O)O)cc1C. The maximum Gasteiger partial charge on any atom is 0.325 e. The normalized spacial score (nSPS) is 14.4. The Morgan fingerprint density at radius 2 is 1.43 bits per heavy atom. The quantitative estimate of drug-likeness (QED) is 0.0180. The van der Waals surface area contributed by atoms with Crippen molar-refractivity contribution in [2.45, 2.75) is 68.8 Å². The standard InChI is InChI=1S/C55H62N8O12S2/c1-36-30-43(75-29-15-22-47(64)57-26-25-56-38(3)35-76(68,69)70)31-37(2)51(36)77(71,72)62-46(53(67)74-5)34-59-52(66)48-50(73-4)49(65)44-24-23-39(32-45(44)61-48)33-60-54-58-27-28-63(54)55(40-16-9-6-10-17-40,41-18-11-7-12-19-41)42-20-13-8-14-21-42/h6-14,16-21,23-24,27-28,30-32,38,46,50,56,62H,15,22,25-26,29,33-35H2,1-5H3,(H,57,64)(H,58,60)(H,59,66)(H,68,69,70)/t38-,46+,50+/m1/s1. The number of nitrogens with zero attached hydrogens (tertiary/aromatic N) is 3. The number of carbonyl (C=O) groups excluding carboxylic acids is 4. The zero-order valence-corrected chi connectivity index (χ0v) is 44.8. The lowest BCUT2D eigenvalue weighted by Gasteiger charge is -2.38. The summed E-state index contributed by atoms with van der Waals surface area (Å²) in [6.45, 7) is 4.99. The summed E-state index contributed by atoms with van der Waals surface area (Å²) >= 11 is 0. The van der Waals surface area contributed by atoms with Crippen LogP contribution in [-0.2, 0) is 56.1 Å². The number of hydrogen-bond donors (Lipinski definition) is 6. The number of aliphatic imine (C=N–C) groups is 1. The number of imidazole rings is 1. The summed E-state index contributed by atoms with van der Waals surface area (Å²) < 4.78 is 79.5. The lowest BCUT2D eigenvalue weighted by Crippen LogP contribution is -2.52. The molecule has 0 bridgehead atoms. The van der Waals surface area contributed by atoms with Crippen LogP contribution < -0.4 is 30.7 Å². The molecule has 0 fully saturated rings. The minimum absolute atomic E-state index is 0.124. The molecular weight excluding hydrogens is 1030 g/mol. The number of nitrogens with one attached hydrogen (secondary N) is 5. The second kappa shape index (κ2) is 25.5. The lowest BCUT2D eigenvalue weighted by atomic mass is 9.76. The van der Waals surface area contributed by atoms with Gasteiger partial charge in [0.15, 0.2) is 11.9 Å². The first kappa shape index (κ1) is 57.1. The Morgan fingerprint density at radius 3 is 2.00 bits per heavy atom. The predicted molar refractivity (Wildman–Crippen MR) is 289 cm³/mol. The van der Waals surface area contributed by atoms with Gasteiger partial charge in [0.1, 0.15) is 23.0 Å². The number of methoxy groups -OCH3 is 2. The fraction of sp³-hybridized carbons (Fsp3) is 0.309. The van der Waals surface area contributed by atoms with E-state index in [1.54, 1.807) is 45.2 Å². The van der Waals surface area contributed by atoms with Gasteiger partial charge in [-0.1, -0.05) is 97.1 Å². The molecule has 7 rings (SSSR count). The largest absolute Gasteiger partial charge is 0.494 e. The van der Waals surface area contributed by atoms with E-state index in [9.17, 15) is 36.0 Å². The molecule has 1 aliphatic heterocycles. The van der Waals surface area contributed by atoms with Crippen LogP contribution in [0.15, 0.2) is 144 Å². The van der Waals surface area contributed by atoms with Gasteiger partial charge >= 0.3 is 5.97 Å². The van der Waals surface area contributed by atoms with Crippen LogP contribution in [0.25, 0.3) is 0 Å². The smallest absolute Gasteiger partial charge is 0.325 e. The third-order valence-electron chi connectivity index (χ3n) is 12.7. The molecule has 77 heavy (non-hydrogen) atoms. The summed E-state index contributed by atoms with van der Waals surface area (Å²) in [5, 5.41) is 11.6. The summed E-state index contributed by atoms with van der Waals surface area (Å²) in [5.74, 6) is -2.24. The molecule has 0 spiro atoms. The maximum absolute atomic E-state index is 13.9. The number of esters is 1. The van der Waals surface area contributed by atoms with Crippen LogP contribution in [-0.4, -0.2) is 125 Å². The molecule has 2 amide bonds. The number of carbonyl (C=O) groups is 4. The van der Waals surface area contributed by atoms with Gasteiger partial charge in [0.2, 0.25) is 21.9 Å². The molecule has 1 aromatic heterocycles. The van der Waals surface area contributed by atoms with Crippen molar-refractivity contribution in [3.8, 4) is 5.75 Å². The third-order valence-corrected chi connectivity index (χ3v) is 15.4. The summed E-state index contributed by atoms with van der Waals surface area (Å²) in [6, 6.07) is 36.4. The number of ketones is 1. The summed E-state index contributed by atoms with van der Waals surface area (Å²) in [7, 11) is -6.25. The molecule has 20 nitrogen and oxygen atoms in total. The van der Waals surface area contributed by atoms with Crippen LogP contribution in [0.5, 0.6) is 5.75 Å². The number of anilines is 1. The predicted octanol–water partition coefficient (Wildman–Crippen LogP) is 5.01. The highest BCUT2D eigenvalue weighted by molar-refractivity contribution is 7.89. The highest BCUT2D eigenvalue weighted by atomic mass is 32.2. The zero-order valence-electron chi connectivity index (χ0n) is 43.2. The van der Waals surface area contributed by atoms with Crippen molar-refractivity contribution in [3.63, 3.8) is 0 Å². The van der Waals surface area contributed by atoms with E-state index >= 15 is 0 Å². The Balaban J connectivity index is 1.01. The average Bonchev–Trinajstić information content (AvgIpc) is 3.93. The van der Waals surface area contributed by atoms with E-state index in [-0.39, 0.29) is 65.0 Å². The van der Waals surface area contributed by atoms with E-state index < -0.39 is 73.8 Å². The monoisotopic (exact) mass is 1090 g/mol. The molecule has 6 aromatic rings. The molecule has 5 aromatic carbocycles. The van der Waals surface area contributed by atoms with Gasteiger partial charge in [-0.05, 0) is 84.8 Å². The topological polar surface area (TPSA) is 275 Å². The highest BCUT2D eigenvalue weighted by Crippen LogP contribution is 2.42. The van der Waals surface area contributed by atoms with Crippen molar-refractivity contribution in [3.05, 3.63) is 173 Å². The Bertz CT molecular complexity index is 3200. The number of fused-ring (bicyclic) bond motifs is 1. The molecule has 0 saturated heterocycles. The Labute approximate surface area is 447 Å². The molecule has 1 aliphatic rings. The second-order valence-corrected chi connectivity index (χ2v) is 21.5. The fourth-order valence-corrected chi connectivity index (χ4v) is 11.7. The van der Waals surface area contributed by atoms with Gasteiger partial charge in [0, 0.05) is 63.7 Å². The van der Waals surface area contributed by atoms with Crippen molar-refractivity contribution in [2.24, 2.45) is 4.99 Å². The molecule has 0 saturated carbocycles. The van der Waals surface area contributed by atoms with Gasteiger partial charge in [0.05, 0.1) is 30.1 Å². The first-order valence-electron chi connectivity index (χ1n) is 24.7. The van der Waals surface area contributed by atoms with Crippen LogP contribution >= 0.6 is 0 Å². The van der Waals surface area contributed by atoms with Gasteiger partial charge in [-0.25, -0.2) is 18.4 Å². The van der Waals surface area contributed by atoms with Gasteiger partial charge in [-0.2, -0.15) is 13.1 Å². The molecule has 22 heteroatoms. The van der Waals surface area contributed by atoms with Crippen molar-refractivity contribution >= 4 is 61.1 Å². The van der Waals surface area contributed by atoms with E-state index in [1.165, 1.54) is 19.2 Å². The highest BCUT2D eigenvalue weighted by Gasteiger charge is 2.40. The average molecular weight is 1090 g/mol. The first-order chi connectivity index (χ1) is 36.9. The summed E-state index contributed by atoms with van der Waals surface area (Å²) in [5.41, 5.74) is 3.55. The van der Waals surface area contributed by atoms with Crippen LogP contribution in [0.1, 0.15) is 63.5 Å². The molecule has 2 heterocycles. The first-order valence-corrected chi connectivity index (χ1v) is 27.8. The minimum Gasteiger partial charge on any atom is -0.494 e. The number of aryl methyl sites for hydroxylation is 2. The van der Waals surface area contributed by atoms with Crippen LogP contribution in [0.4, 0.5) is 11.6 Å². The number of sulfonamides is 1. The molecule has 0 unspecified atom stereocenters. The molecule has 406 valence electrons. The summed E-state index contributed by atoms with van der Waals surface area (Å²) in [6.07, 6.45) is 2.70. The minimum atomic E-state index is -4.45. The molecule has 3 atom stereocenters. The van der Waals surface area contributed by atoms with Gasteiger partial charge in [-0.15, -0.1) is 0 Å². The number of ether oxygens (including phenoxy) is 3. The molecular formula is C55H62N8O12S2. The molecule has 0 radical (unpaired) electrons. The van der Waals surface area contributed by atoms with E-state index in [0.717, 1.165) is 23.8 Å². The Morgan fingerprint density at radius 1 is 0.818 bits per heavy atom. The Kier molecular flexibility index (Phi) is 18.9. The fourth-order valence-electron chi connectivity index (χ4n) is 9.34. The summed E-state index contributed by atoms with van der Waals surface area (Å²) in [4.78, 5) is 62.4. The van der Waals surface area contributed by atoms with Crippen LogP contribution in [0.2, 0.25) is 0 Å². The number of amides is 2. The number of aromatic nitrogens is 2. The Hall–Kier alpha value is -7.60. The third kappa shape index (κ3) is 13.9. The van der Waals surface area contributed by atoms with Crippen molar-refractivity contribution in [1.29, 1.82) is 0 Å². The maximum atomic E-state index is 13.9. The number of rotatable bonds is 26. The number of benzene rings is 5. The van der Waals surface area contributed by atoms with E-state index in [4.69, 9.17) is 23.7 Å². The molecule has 0 aliphatic carbocycles. The van der Waals surface area contributed by atoms with E-state index in [2.05, 4.69) is 71.9 Å². The van der Waals surface area contributed by atoms with Crippen LogP contribution in [0, 0.1) is 13.8 Å².